The van der Waals surface area contributed by atoms with Gasteiger partial charge in [0.1, 0.15) is 11.9 Å². The molecule has 3 rings (SSSR count). The van der Waals surface area contributed by atoms with Gasteiger partial charge in [-0.2, -0.15) is 5.26 Å². The van der Waals surface area contributed by atoms with E-state index < -0.39 is 17.5 Å². The van der Waals surface area contributed by atoms with Crippen molar-refractivity contribution in [1.82, 2.24) is 0 Å². The van der Waals surface area contributed by atoms with Gasteiger partial charge >= 0.3 is 5.97 Å². The lowest BCUT2D eigenvalue weighted by Crippen LogP contribution is -2.30. The number of carbonyl (C=O) groups excluding carboxylic acids is 1. The van der Waals surface area contributed by atoms with Crippen LogP contribution in [0.2, 0.25) is 0 Å². The van der Waals surface area contributed by atoms with E-state index in [-0.39, 0.29) is 5.92 Å². The first-order valence-corrected chi connectivity index (χ1v) is 7.82. The SMILES string of the molecule is C=C1C(=O)O[C@H](c2ccccc2OC)[C@@H]1C1(C)C=C(C#N)C=CC1. The van der Waals surface area contributed by atoms with Crippen molar-refractivity contribution in [3.05, 3.63) is 65.8 Å². The largest absolute Gasteiger partial charge is 0.496 e. The maximum atomic E-state index is 12.2. The standard InChI is InChI=1S/C20H19NO3/c1-13-17(20(2)10-6-7-14(11-20)12-21)18(24-19(13)22)15-8-4-5-9-16(15)23-3/h4-9,11,17-18H,1,10H2,2-3H3/t17-,18-,20?/m1/s1. The average molecular weight is 321 g/mol. The van der Waals surface area contributed by atoms with E-state index in [1.165, 1.54) is 0 Å². The predicted octanol–water partition coefficient (Wildman–Crippen LogP) is 3.88. The Balaban J connectivity index is 2.09. The van der Waals surface area contributed by atoms with Crippen LogP contribution in [0.15, 0.2) is 60.2 Å². The van der Waals surface area contributed by atoms with Crippen LogP contribution in [-0.4, -0.2) is 13.1 Å². The molecular weight excluding hydrogens is 302 g/mol. The minimum absolute atomic E-state index is 0.255. The third-order valence-corrected chi connectivity index (χ3v) is 4.80. The summed E-state index contributed by atoms with van der Waals surface area (Å²) >= 11 is 0. The molecule has 122 valence electrons. The van der Waals surface area contributed by atoms with E-state index in [1.807, 2.05) is 43.3 Å². The van der Waals surface area contributed by atoms with E-state index in [9.17, 15) is 10.1 Å². The summed E-state index contributed by atoms with van der Waals surface area (Å²) in [4.78, 5) is 12.2. The summed E-state index contributed by atoms with van der Waals surface area (Å²) in [5.74, 6) is 0.0302. The number of carbonyl (C=O) groups is 1. The molecule has 3 atom stereocenters. The molecule has 4 heteroatoms. The Kier molecular flexibility index (Phi) is 4.02. The van der Waals surface area contributed by atoms with Gasteiger partial charge < -0.3 is 9.47 Å². The first-order chi connectivity index (χ1) is 11.5. The van der Waals surface area contributed by atoms with Crippen LogP contribution in [0, 0.1) is 22.7 Å². The number of esters is 1. The quantitative estimate of drug-likeness (QED) is 0.626. The Hall–Kier alpha value is -2.80. The highest BCUT2D eigenvalue weighted by molar-refractivity contribution is 5.91. The van der Waals surface area contributed by atoms with E-state index in [2.05, 4.69) is 12.6 Å². The monoisotopic (exact) mass is 321 g/mol. The molecule has 1 unspecified atom stereocenters. The second kappa shape index (κ2) is 6.01. The number of nitrogens with zero attached hydrogens (tertiary/aromatic N) is 1. The summed E-state index contributed by atoms with van der Waals surface area (Å²) in [5, 5.41) is 9.24. The lowest BCUT2D eigenvalue weighted by molar-refractivity contribution is -0.139. The zero-order chi connectivity index (χ0) is 17.3. The molecule has 1 fully saturated rings. The van der Waals surface area contributed by atoms with Crippen LogP contribution in [0.25, 0.3) is 0 Å². The second-order valence-electron chi connectivity index (χ2n) is 6.39. The van der Waals surface area contributed by atoms with E-state index in [4.69, 9.17) is 9.47 Å². The fourth-order valence-corrected chi connectivity index (χ4v) is 3.65. The van der Waals surface area contributed by atoms with Crippen LogP contribution in [0.3, 0.4) is 0 Å². The smallest absolute Gasteiger partial charge is 0.334 e. The third-order valence-electron chi connectivity index (χ3n) is 4.80. The van der Waals surface area contributed by atoms with Crippen molar-refractivity contribution in [2.45, 2.75) is 19.4 Å². The van der Waals surface area contributed by atoms with Crippen LogP contribution in [0.5, 0.6) is 5.75 Å². The molecule has 0 saturated carbocycles. The molecule has 4 nitrogen and oxygen atoms in total. The molecule has 0 bridgehead atoms. The van der Waals surface area contributed by atoms with E-state index in [0.29, 0.717) is 23.3 Å². The van der Waals surface area contributed by atoms with Gasteiger partial charge in [-0.05, 0) is 18.6 Å². The van der Waals surface area contributed by atoms with E-state index in [0.717, 1.165) is 5.56 Å². The van der Waals surface area contributed by atoms with Crippen LogP contribution in [-0.2, 0) is 9.53 Å². The van der Waals surface area contributed by atoms with Gasteiger partial charge in [-0.25, -0.2) is 4.79 Å². The molecule has 0 amide bonds. The molecule has 1 aliphatic heterocycles. The zero-order valence-corrected chi connectivity index (χ0v) is 13.8. The summed E-state index contributed by atoms with van der Waals surface area (Å²) in [6.45, 7) is 6.00. The lowest BCUT2D eigenvalue weighted by Gasteiger charge is -2.36. The molecule has 0 spiro atoms. The number of ether oxygens (including phenoxy) is 2. The Morgan fingerprint density at radius 1 is 1.42 bits per heavy atom. The van der Waals surface area contributed by atoms with Crippen LogP contribution in [0.1, 0.15) is 25.0 Å². The van der Waals surface area contributed by atoms with Gasteiger partial charge in [0.15, 0.2) is 0 Å². The minimum atomic E-state index is -0.478. The van der Waals surface area contributed by atoms with Crippen molar-refractivity contribution in [3.63, 3.8) is 0 Å². The van der Waals surface area contributed by atoms with Gasteiger partial charge in [0.2, 0.25) is 0 Å². The molecule has 1 saturated heterocycles. The lowest BCUT2D eigenvalue weighted by atomic mass is 9.66. The summed E-state index contributed by atoms with van der Waals surface area (Å²) in [5.41, 5.74) is 1.43. The number of benzene rings is 1. The molecule has 1 aromatic rings. The number of allylic oxidation sites excluding steroid dienone is 4. The third kappa shape index (κ3) is 2.52. The van der Waals surface area contributed by atoms with Crippen molar-refractivity contribution in [2.75, 3.05) is 7.11 Å². The predicted molar refractivity (Wildman–Crippen MR) is 90.0 cm³/mol. The van der Waals surface area contributed by atoms with Crippen molar-refractivity contribution in [2.24, 2.45) is 11.3 Å². The number of rotatable bonds is 3. The first-order valence-electron chi connectivity index (χ1n) is 7.82. The van der Waals surface area contributed by atoms with Crippen molar-refractivity contribution in [1.29, 1.82) is 5.26 Å². The molecule has 0 aromatic heterocycles. The molecule has 24 heavy (non-hydrogen) atoms. The number of nitriles is 1. The number of methoxy groups -OCH3 is 1. The van der Waals surface area contributed by atoms with Crippen molar-refractivity contribution < 1.29 is 14.3 Å². The summed E-state index contributed by atoms with van der Waals surface area (Å²) in [6.07, 6.45) is 5.93. The fraction of sp³-hybridized carbons (Fsp3) is 0.300. The topological polar surface area (TPSA) is 59.3 Å². The van der Waals surface area contributed by atoms with Crippen LogP contribution < -0.4 is 4.74 Å². The maximum absolute atomic E-state index is 12.2. The summed E-state index contributed by atoms with van der Waals surface area (Å²) < 4.78 is 11.1. The Labute approximate surface area is 141 Å². The van der Waals surface area contributed by atoms with Gasteiger partial charge in [-0.1, -0.05) is 43.9 Å². The molecule has 2 aliphatic rings. The summed E-state index contributed by atoms with van der Waals surface area (Å²) in [6, 6.07) is 9.70. The highest BCUT2D eigenvalue weighted by Crippen LogP contribution is 2.53. The van der Waals surface area contributed by atoms with Crippen LogP contribution >= 0.6 is 0 Å². The minimum Gasteiger partial charge on any atom is -0.496 e. The van der Waals surface area contributed by atoms with Gasteiger partial charge in [0, 0.05) is 28.0 Å². The zero-order valence-electron chi connectivity index (χ0n) is 13.8. The van der Waals surface area contributed by atoms with Crippen LogP contribution in [0.4, 0.5) is 0 Å². The number of hydrogen-bond acceptors (Lipinski definition) is 4. The molecule has 1 aromatic carbocycles. The van der Waals surface area contributed by atoms with Crippen molar-refractivity contribution in [3.8, 4) is 11.8 Å². The highest BCUT2D eigenvalue weighted by Gasteiger charge is 2.50. The van der Waals surface area contributed by atoms with Gasteiger partial charge in [-0.15, -0.1) is 0 Å². The fourth-order valence-electron chi connectivity index (χ4n) is 3.65. The maximum Gasteiger partial charge on any atom is 0.334 e. The van der Waals surface area contributed by atoms with E-state index in [1.54, 1.807) is 13.2 Å². The number of cyclic esters (lactones) is 1. The van der Waals surface area contributed by atoms with E-state index >= 15 is 0 Å². The summed E-state index contributed by atoms with van der Waals surface area (Å²) in [7, 11) is 1.60. The van der Waals surface area contributed by atoms with Crippen molar-refractivity contribution >= 4 is 5.97 Å². The first kappa shape index (κ1) is 16.1. The number of hydrogen-bond donors (Lipinski definition) is 0. The molecular formula is C20H19NO3. The van der Waals surface area contributed by atoms with Gasteiger partial charge in [0.25, 0.3) is 0 Å². The molecule has 0 N–H and O–H groups in total. The van der Waals surface area contributed by atoms with Gasteiger partial charge in [0.05, 0.1) is 13.2 Å². The second-order valence-corrected chi connectivity index (χ2v) is 6.39. The molecule has 1 heterocycles. The Morgan fingerprint density at radius 3 is 2.88 bits per heavy atom. The Morgan fingerprint density at radius 2 is 2.17 bits per heavy atom. The average Bonchev–Trinajstić information content (AvgIpc) is 2.90. The molecule has 1 aliphatic carbocycles. The molecule has 0 radical (unpaired) electrons. The Bertz CT molecular complexity index is 799. The normalized spacial score (nSPS) is 29.0. The highest BCUT2D eigenvalue weighted by atomic mass is 16.6. The van der Waals surface area contributed by atoms with Gasteiger partial charge in [-0.3, -0.25) is 0 Å². The number of para-hydroxylation sites is 1.